The first-order valence-corrected chi connectivity index (χ1v) is 7.04. The van der Waals surface area contributed by atoms with Crippen molar-refractivity contribution in [3.8, 4) is 0 Å². The third-order valence-corrected chi connectivity index (χ3v) is 4.34. The third kappa shape index (κ3) is 4.41. The molecule has 1 aliphatic rings. The van der Waals surface area contributed by atoms with Crippen LogP contribution in [0.1, 0.15) is 40.5 Å². The van der Waals surface area contributed by atoms with Gasteiger partial charge in [0.15, 0.2) is 0 Å². The van der Waals surface area contributed by atoms with Gasteiger partial charge in [-0.25, -0.2) is 0 Å². The molecule has 1 saturated heterocycles. The minimum absolute atomic E-state index is 0.0939. The van der Waals surface area contributed by atoms with Crippen LogP contribution in [0.5, 0.6) is 0 Å². The van der Waals surface area contributed by atoms with Gasteiger partial charge in [-0.15, -0.1) is 0 Å². The molecule has 0 bridgehead atoms. The minimum atomic E-state index is 0.0939. The minimum Gasteiger partial charge on any atom is -0.371 e. The van der Waals surface area contributed by atoms with E-state index >= 15 is 0 Å². The van der Waals surface area contributed by atoms with Crippen LogP contribution < -0.4 is 5.32 Å². The Morgan fingerprint density at radius 3 is 2.60 bits per heavy atom. The lowest BCUT2D eigenvalue weighted by atomic mass is 10.0. The van der Waals surface area contributed by atoms with E-state index in [1.165, 1.54) is 12.8 Å². The normalized spacial score (nSPS) is 29.0. The van der Waals surface area contributed by atoms with E-state index in [1.807, 2.05) is 0 Å². The van der Waals surface area contributed by atoms with Crippen molar-refractivity contribution in [1.29, 1.82) is 0 Å². The van der Waals surface area contributed by atoms with E-state index in [9.17, 15) is 0 Å². The Balaban J connectivity index is 2.21. The molecule has 0 aromatic carbocycles. The van der Waals surface area contributed by atoms with E-state index in [1.54, 1.807) is 0 Å². The highest BCUT2D eigenvalue weighted by Crippen LogP contribution is 2.28. The summed E-state index contributed by atoms with van der Waals surface area (Å²) in [6.45, 7) is 9.84. The van der Waals surface area contributed by atoms with Crippen molar-refractivity contribution in [2.45, 2.75) is 58.3 Å². The second-order valence-corrected chi connectivity index (χ2v) is 6.01. The summed E-state index contributed by atoms with van der Waals surface area (Å²) in [5.41, 5.74) is 0.0939. The van der Waals surface area contributed by atoms with Crippen molar-refractivity contribution < 1.29 is 4.74 Å². The molecule has 15 heavy (non-hydrogen) atoms. The molecule has 1 aliphatic heterocycles. The van der Waals surface area contributed by atoms with Gasteiger partial charge in [-0.1, -0.05) is 22.9 Å². The molecule has 0 saturated carbocycles. The molecule has 2 nitrogen and oxygen atoms in total. The molecule has 1 heterocycles. The van der Waals surface area contributed by atoms with Crippen LogP contribution in [0.2, 0.25) is 0 Å². The Morgan fingerprint density at radius 2 is 2.13 bits per heavy atom. The molecule has 3 heteroatoms. The Labute approximate surface area is 102 Å². The smallest absolute Gasteiger partial charge is 0.0707 e. The summed E-state index contributed by atoms with van der Waals surface area (Å²) in [5, 5.41) is 4.61. The van der Waals surface area contributed by atoms with Gasteiger partial charge in [-0.05, 0) is 39.5 Å². The van der Waals surface area contributed by atoms with Crippen molar-refractivity contribution in [1.82, 2.24) is 5.32 Å². The zero-order valence-corrected chi connectivity index (χ0v) is 11.9. The lowest BCUT2D eigenvalue weighted by molar-refractivity contribution is -0.0153. The third-order valence-electron chi connectivity index (χ3n) is 3.32. The topological polar surface area (TPSA) is 21.3 Å². The molecule has 0 radical (unpaired) electrons. The predicted molar refractivity (Wildman–Crippen MR) is 68.6 cm³/mol. The van der Waals surface area contributed by atoms with Crippen LogP contribution in [0.15, 0.2) is 0 Å². The fourth-order valence-corrected chi connectivity index (χ4v) is 2.43. The van der Waals surface area contributed by atoms with E-state index in [2.05, 4.69) is 48.9 Å². The average Bonchev–Trinajstić information content (AvgIpc) is 2.53. The zero-order chi connectivity index (χ0) is 11.5. The van der Waals surface area contributed by atoms with E-state index in [4.69, 9.17) is 4.74 Å². The standard InChI is InChI=1S/C12H24BrNO/c1-9(7-13)10(2)14-8-11-5-6-12(3,4)15-11/h9-11,14H,5-8H2,1-4H3. The number of alkyl halides is 1. The van der Waals surface area contributed by atoms with Gasteiger partial charge in [0.2, 0.25) is 0 Å². The lowest BCUT2D eigenvalue weighted by Crippen LogP contribution is -2.38. The van der Waals surface area contributed by atoms with Gasteiger partial charge in [0, 0.05) is 17.9 Å². The van der Waals surface area contributed by atoms with Gasteiger partial charge in [-0.3, -0.25) is 0 Å². The largest absolute Gasteiger partial charge is 0.371 e. The van der Waals surface area contributed by atoms with Crippen LogP contribution in [0, 0.1) is 5.92 Å². The quantitative estimate of drug-likeness (QED) is 0.781. The Bertz CT molecular complexity index is 196. The summed E-state index contributed by atoms with van der Waals surface area (Å²) < 4.78 is 5.94. The van der Waals surface area contributed by atoms with Gasteiger partial charge in [0.05, 0.1) is 11.7 Å². The summed E-state index contributed by atoms with van der Waals surface area (Å²) in [6.07, 6.45) is 2.78. The van der Waals surface area contributed by atoms with Crippen molar-refractivity contribution in [3.05, 3.63) is 0 Å². The summed E-state index contributed by atoms with van der Waals surface area (Å²) in [4.78, 5) is 0. The van der Waals surface area contributed by atoms with Crippen molar-refractivity contribution in [2.75, 3.05) is 11.9 Å². The van der Waals surface area contributed by atoms with Gasteiger partial charge in [0.25, 0.3) is 0 Å². The lowest BCUT2D eigenvalue weighted by Gasteiger charge is -2.23. The molecule has 1 fully saturated rings. The summed E-state index contributed by atoms with van der Waals surface area (Å²) in [6, 6.07) is 0.552. The summed E-state index contributed by atoms with van der Waals surface area (Å²) in [7, 11) is 0. The molecule has 0 aliphatic carbocycles. The number of halogens is 1. The molecule has 0 aromatic rings. The highest BCUT2D eigenvalue weighted by molar-refractivity contribution is 9.09. The Morgan fingerprint density at radius 1 is 1.47 bits per heavy atom. The van der Waals surface area contributed by atoms with Crippen LogP contribution in [-0.4, -0.2) is 29.6 Å². The highest BCUT2D eigenvalue weighted by Gasteiger charge is 2.31. The van der Waals surface area contributed by atoms with Gasteiger partial charge < -0.3 is 10.1 Å². The van der Waals surface area contributed by atoms with E-state index in [0.717, 1.165) is 11.9 Å². The number of hydrogen-bond donors (Lipinski definition) is 1. The maximum atomic E-state index is 5.94. The van der Waals surface area contributed by atoms with Crippen LogP contribution in [0.4, 0.5) is 0 Å². The zero-order valence-electron chi connectivity index (χ0n) is 10.3. The molecule has 3 unspecified atom stereocenters. The monoisotopic (exact) mass is 277 g/mol. The summed E-state index contributed by atoms with van der Waals surface area (Å²) in [5.74, 6) is 0.666. The van der Waals surface area contributed by atoms with Crippen molar-refractivity contribution >= 4 is 15.9 Å². The molecule has 1 rings (SSSR count). The Hall–Kier alpha value is 0.400. The SMILES string of the molecule is CC(CBr)C(C)NCC1CCC(C)(C)O1. The van der Waals surface area contributed by atoms with Crippen molar-refractivity contribution in [2.24, 2.45) is 5.92 Å². The fraction of sp³-hybridized carbons (Fsp3) is 1.00. The molecule has 3 atom stereocenters. The first-order chi connectivity index (χ1) is 6.94. The Kier molecular flexibility index (Phi) is 5.07. The number of nitrogens with one attached hydrogen (secondary N) is 1. The maximum absolute atomic E-state index is 5.94. The van der Waals surface area contributed by atoms with Crippen LogP contribution in [-0.2, 0) is 4.74 Å². The van der Waals surface area contributed by atoms with Gasteiger partial charge in [0.1, 0.15) is 0 Å². The molecular formula is C12H24BrNO. The van der Waals surface area contributed by atoms with Crippen LogP contribution in [0.3, 0.4) is 0 Å². The van der Waals surface area contributed by atoms with Gasteiger partial charge >= 0.3 is 0 Å². The second kappa shape index (κ2) is 5.65. The number of ether oxygens (including phenoxy) is 1. The fourth-order valence-electron chi connectivity index (χ4n) is 1.87. The summed E-state index contributed by atoms with van der Waals surface area (Å²) >= 11 is 3.52. The second-order valence-electron chi connectivity index (χ2n) is 5.37. The molecular weight excluding hydrogens is 254 g/mol. The number of rotatable bonds is 5. The van der Waals surface area contributed by atoms with E-state index < -0.39 is 0 Å². The predicted octanol–water partition coefficient (Wildman–Crippen LogP) is 2.95. The maximum Gasteiger partial charge on any atom is 0.0707 e. The van der Waals surface area contributed by atoms with Crippen LogP contribution in [0.25, 0.3) is 0 Å². The molecule has 0 aromatic heterocycles. The van der Waals surface area contributed by atoms with Crippen LogP contribution >= 0.6 is 15.9 Å². The molecule has 0 spiro atoms. The van der Waals surface area contributed by atoms with E-state index in [0.29, 0.717) is 18.1 Å². The first kappa shape index (κ1) is 13.5. The molecule has 0 amide bonds. The molecule has 90 valence electrons. The molecule has 1 N–H and O–H groups in total. The van der Waals surface area contributed by atoms with E-state index in [-0.39, 0.29) is 5.60 Å². The first-order valence-electron chi connectivity index (χ1n) is 5.92. The van der Waals surface area contributed by atoms with Crippen molar-refractivity contribution in [3.63, 3.8) is 0 Å². The highest BCUT2D eigenvalue weighted by atomic mass is 79.9. The van der Waals surface area contributed by atoms with Gasteiger partial charge in [-0.2, -0.15) is 0 Å². The number of hydrogen-bond acceptors (Lipinski definition) is 2. The average molecular weight is 278 g/mol.